The molecule has 2 N–H and O–H groups in total. The summed E-state index contributed by atoms with van der Waals surface area (Å²) in [6, 6.07) is 6.02. The van der Waals surface area contributed by atoms with Gasteiger partial charge >= 0.3 is 0 Å². The monoisotopic (exact) mass is 381 g/mol. The van der Waals surface area contributed by atoms with E-state index in [1.807, 2.05) is 0 Å². The van der Waals surface area contributed by atoms with Crippen LogP contribution in [0.3, 0.4) is 0 Å². The van der Waals surface area contributed by atoms with E-state index in [0.717, 1.165) is 0 Å². The second-order valence-electron chi connectivity index (χ2n) is 6.03. The minimum absolute atomic E-state index is 0.0333. The molecule has 2 aromatic rings. The van der Waals surface area contributed by atoms with Crippen LogP contribution in [0.5, 0.6) is 0 Å². The molecule has 1 aliphatic heterocycles. The molecule has 26 heavy (non-hydrogen) atoms. The SMILES string of the molecule is Cc1ccc(CNC(=O)c2cc(S(=O)(=O)N3CCOCC3)c[nH]2)cc1F. The second-order valence-corrected chi connectivity index (χ2v) is 7.97. The Balaban J connectivity index is 1.66. The van der Waals surface area contributed by atoms with E-state index in [0.29, 0.717) is 24.3 Å². The molecule has 3 rings (SSSR count). The van der Waals surface area contributed by atoms with Gasteiger partial charge in [-0.3, -0.25) is 4.79 Å². The fraction of sp³-hybridized carbons (Fsp3) is 0.353. The molecule has 0 radical (unpaired) electrons. The van der Waals surface area contributed by atoms with Crippen LogP contribution in [0.25, 0.3) is 0 Å². The first-order valence-corrected chi connectivity index (χ1v) is 9.61. The van der Waals surface area contributed by atoms with Gasteiger partial charge in [0, 0.05) is 25.8 Å². The van der Waals surface area contributed by atoms with E-state index >= 15 is 0 Å². The first-order valence-electron chi connectivity index (χ1n) is 8.17. The number of hydrogen-bond acceptors (Lipinski definition) is 4. The van der Waals surface area contributed by atoms with Crippen molar-refractivity contribution in [1.82, 2.24) is 14.6 Å². The smallest absolute Gasteiger partial charge is 0.268 e. The molecule has 0 bridgehead atoms. The van der Waals surface area contributed by atoms with E-state index in [4.69, 9.17) is 4.74 Å². The normalized spacial score (nSPS) is 15.8. The summed E-state index contributed by atoms with van der Waals surface area (Å²) in [4.78, 5) is 14.9. The standard InChI is InChI=1S/C17H20FN3O4S/c1-12-2-3-13(8-15(12)18)10-20-17(22)16-9-14(11-19-16)26(23,24)21-4-6-25-7-5-21/h2-3,8-9,11,19H,4-7,10H2,1H3,(H,20,22). The molecule has 1 aromatic heterocycles. The number of halogens is 1. The lowest BCUT2D eigenvalue weighted by molar-refractivity contribution is 0.0730. The van der Waals surface area contributed by atoms with Gasteiger partial charge in [-0.25, -0.2) is 12.8 Å². The Morgan fingerprint density at radius 1 is 1.31 bits per heavy atom. The Morgan fingerprint density at radius 3 is 2.73 bits per heavy atom. The topological polar surface area (TPSA) is 91.5 Å². The summed E-state index contributed by atoms with van der Waals surface area (Å²) in [7, 11) is -3.66. The van der Waals surface area contributed by atoms with Gasteiger partial charge in [-0.1, -0.05) is 12.1 Å². The van der Waals surface area contributed by atoms with Gasteiger partial charge in [0.25, 0.3) is 5.91 Å². The Kier molecular flexibility index (Phi) is 5.40. The minimum atomic E-state index is -3.66. The number of morpholine rings is 1. The molecule has 0 spiro atoms. The number of nitrogens with zero attached hydrogens (tertiary/aromatic N) is 1. The van der Waals surface area contributed by atoms with Crippen molar-refractivity contribution in [2.24, 2.45) is 0 Å². The number of sulfonamides is 1. The van der Waals surface area contributed by atoms with Gasteiger partial charge < -0.3 is 15.0 Å². The lowest BCUT2D eigenvalue weighted by atomic mass is 10.1. The third kappa shape index (κ3) is 3.95. The number of nitrogens with one attached hydrogen (secondary N) is 2. The van der Waals surface area contributed by atoms with Crippen molar-refractivity contribution in [3.63, 3.8) is 0 Å². The zero-order valence-electron chi connectivity index (χ0n) is 14.3. The van der Waals surface area contributed by atoms with E-state index in [1.54, 1.807) is 19.1 Å². The molecule has 2 heterocycles. The summed E-state index contributed by atoms with van der Waals surface area (Å²) in [5.74, 6) is -0.801. The zero-order chi connectivity index (χ0) is 18.7. The largest absolute Gasteiger partial charge is 0.379 e. The maximum Gasteiger partial charge on any atom is 0.268 e. The van der Waals surface area contributed by atoms with E-state index in [9.17, 15) is 17.6 Å². The van der Waals surface area contributed by atoms with Crippen LogP contribution in [0.1, 0.15) is 21.6 Å². The first kappa shape index (κ1) is 18.6. The van der Waals surface area contributed by atoms with Crippen LogP contribution in [0.15, 0.2) is 35.4 Å². The van der Waals surface area contributed by atoms with Crippen molar-refractivity contribution in [1.29, 1.82) is 0 Å². The number of hydrogen-bond donors (Lipinski definition) is 2. The minimum Gasteiger partial charge on any atom is -0.379 e. The van der Waals surface area contributed by atoms with Crippen molar-refractivity contribution in [3.05, 3.63) is 53.1 Å². The van der Waals surface area contributed by atoms with Crippen LogP contribution < -0.4 is 5.32 Å². The maximum atomic E-state index is 13.5. The summed E-state index contributed by atoms with van der Waals surface area (Å²) in [6.07, 6.45) is 1.30. The van der Waals surface area contributed by atoms with Crippen molar-refractivity contribution < 1.29 is 22.3 Å². The van der Waals surface area contributed by atoms with Gasteiger partial charge in [-0.05, 0) is 30.2 Å². The van der Waals surface area contributed by atoms with Crippen LogP contribution in [0.4, 0.5) is 4.39 Å². The van der Waals surface area contributed by atoms with Gasteiger partial charge in [0.15, 0.2) is 0 Å². The molecule has 0 atom stereocenters. The molecular weight excluding hydrogens is 361 g/mol. The fourth-order valence-electron chi connectivity index (χ4n) is 2.61. The van der Waals surface area contributed by atoms with Gasteiger partial charge in [0.05, 0.1) is 13.2 Å². The molecule has 7 nitrogen and oxygen atoms in total. The average molecular weight is 381 g/mol. The van der Waals surface area contributed by atoms with Crippen LogP contribution in [-0.2, 0) is 21.3 Å². The Morgan fingerprint density at radius 2 is 2.04 bits per heavy atom. The summed E-state index contributed by atoms with van der Waals surface area (Å²) in [5.41, 5.74) is 1.28. The third-order valence-corrected chi connectivity index (χ3v) is 6.07. The molecule has 9 heteroatoms. The molecule has 140 valence electrons. The molecule has 0 saturated carbocycles. The molecule has 1 aromatic carbocycles. The lowest BCUT2D eigenvalue weighted by Crippen LogP contribution is -2.40. The molecule has 0 aliphatic carbocycles. The highest BCUT2D eigenvalue weighted by Gasteiger charge is 2.27. The lowest BCUT2D eigenvalue weighted by Gasteiger charge is -2.25. The van der Waals surface area contributed by atoms with Crippen LogP contribution >= 0.6 is 0 Å². The molecule has 1 amide bonds. The summed E-state index contributed by atoms with van der Waals surface area (Å²) >= 11 is 0. The van der Waals surface area contributed by atoms with Crippen LogP contribution in [-0.4, -0.2) is 49.9 Å². The Hall–Kier alpha value is -2.23. The fourth-order valence-corrected chi connectivity index (χ4v) is 4.02. The van der Waals surface area contributed by atoms with Gasteiger partial charge in [0.2, 0.25) is 10.0 Å². The first-order chi connectivity index (χ1) is 12.4. The van der Waals surface area contributed by atoms with E-state index in [1.165, 1.54) is 22.6 Å². The van der Waals surface area contributed by atoms with Gasteiger partial charge in [-0.2, -0.15) is 4.31 Å². The quantitative estimate of drug-likeness (QED) is 0.819. The summed E-state index contributed by atoms with van der Waals surface area (Å²) < 4.78 is 45.1. The number of ether oxygens (including phenoxy) is 1. The molecular formula is C17H20FN3O4S. The highest BCUT2D eigenvalue weighted by Crippen LogP contribution is 2.18. The average Bonchev–Trinajstić information content (AvgIpc) is 3.14. The van der Waals surface area contributed by atoms with Crippen molar-refractivity contribution in [3.8, 4) is 0 Å². The van der Waals surface area contributed by atoms with E-state index in [-0.39, 0.29) is 36.0 Å². The maximum absolute atomic E-state index is 13.5. The Labute approximate surface area is 151 Å². The van der Waals surface area contributed by atoms with Crippen molar-refractivity contribution >= 4 is 15.9 Å². The number of carbonyl (C=O) groups excluding carboxylic acids is 1. The second kappa shape index (κ2) is 7.56. The number of benzene rings is 1. The van der Waals surface area contributed by atoms with Crippen LogP contribution in [0.2, 0.25) is 0 Å². The number of carbonyl (C=O) groups is 1. The third-order valence-electron chi connectivity index (χ3n) is 4.20. The van der Waals surface area contributed by atoms with Crippen molar-refractivity contribution in [2.75, 3.05) is 26.3 Å². The number of H-pyrrole nitrogens is 1. The van der Waals surface area contributed by atoms with E-state index < -0.39 is 15.9 Å². The summed E-state index contributed by atoms with van der Waals surface area (Å²) in [5, 5.41) is 2.64. The zero-order valence-corrected chi connectivity index (χ0v) is 15.1. The highest BCUT2D eigenvalue weighted by atomic mass is 32.2. The number of rotatable bonds is 5. The van der Waals surface area contributed by atoms with Gasteiger partial charge in [-0.15, -0.1) is 0 Å². The molecule has 1 aliphatic rings. The highest BCUT2D eigenvalue weighted by molar-refractivity contribution is 7.89. The molecule has 0 unspecified atom stereocenters. The summed E-state index contributed by atoms with van der Waals surface area (Å²) in [6.45, 7) is 3.07. The predicted octanol–water partition coefficient (Wildman–Crippen LogP) is 1.41. The number of amides is 1. The van der Waals surface area contributed by atoms with Crippen molar-refractivity contribution in [2.45, 2.75) is 18.4 Å². The predicted molar refractivity (Wildman–Crippen MR) is 92.7 cm³/mol. The number of aromatic nitrogens is 1. The van der Waals surface area contributed by atoms with Gasteiger partial charge in [0.1, 0.15) is 16.4 Å². The molecule has 1 fully saturated rings. The molecule has 1 saturated heterocycles. The van der Waals surface area contributed by atoms with E-state index in [2.05, 4.69) is 10.3 Å². The Bertz CT molecular complexity index is 904. The van der Waals surface area contributed by atoms with Crippen LogP contribution in [0, 0.1) is 12.7 Å². The number of aryl methyl sites for hydroxylation is 1. The number of aromatic amines is 1.